The minimum atomic E-state index is -4.32. The van der Waals surface area contributed by atoms with Gasteiger partial charge in [0.2, 0.25) is 0 Å². The molecule has 1 nitrogen and oxygen atoms in total. The molecule has 1 saturated carbocycles. The number of anilines is 1. The van der Waals surface area contributed by atoms with Gasteiger partial charge in [0, 0.05) is 16.7 Å². The van der Waals surface area contributed by atoms with Crippen LogP contribution in [0.4, 0.5) is 18.9 Å². The Kier molecular flexibility index (Phi) is 3.39. The summed E-state index contributed by atoms with van der Waals surface area (Å²) >= 11 is 3.06. The van der Waals surface area contributed by atoms with Crippen molar-refractivity contribution in [3.63, 3.8) is 0 Å². The lowest BCUT2D eigenvalue weighted by Crippen LogP contribution is -2.12. The number of hydrogen-bond donors (Lipinski definition) is 1. The highest BCUT2D eigenvalue weighted by atomic mass is 79.9. The molecule has 2 unspecified atom stereocenters. The summed E-state index contributed by atoms with van der Waals surface area (Å²) in [6, 6.07) is 4.20. The smallest absolute Gasteiger partial charge is 0.384 e. The average Bonchev–Trinajstić information content (AvgIpc) is 2.91. The van der Waals surface area contributed by atoms with Crippen molar-refractivity contribution in [3.8, 4) is 0 Å². The zero-order valence-electron chi connectivity index (χ0n) is 9.31. The molecule has 17 heavy (non-hydrogen) atoms. The maximum atomic E-state index is 12.8. The zero-order valence-corrected chi connectivity index (χ0v) is 10.9. The van der Waals surface area contributed by atoms with Gasteiger partial charge in [0.05, 0.1) is 5.56 Å². The molecule has 1 N–H and O–H groups in total. The number of alkyl halides is 3. The largest absolute Gasteiger partial charge is 0.418 e. The Balaban J connectivity index is 2.14. The fourth-order valence-corrected chi connectivity index (χ4v) is 2.19. The molecular weight excluding hydrogens is 295 g/mol. The van der Waals surface area contributed by atoms with Crippen LogP contribution < -0.4 is 5.32 Å². The first-order valence-corrected chi connectivity index (χ1v) is 6.28. The van der Waals surface area contributed by atoms with Crippen LogP contribution in [0.15, 0.2) is 22.7 Å². The number of benzene rings is 1. The number of rotatable bonds is 3. The van der Waals surface area contributed by atoms with E-state index in [0.717, 1.165) is 12.5 Å². The fraction of sp³-hybridized carbons (Fsp3) is 0.500. The van der Waals surface area contributed by atoms with Gasteiger partial charge in [0.15, 0.2) is 0 Å². The molecule has 5 heteroatoms. The molecule has 1 fully saturated rings. The Bertz CT molecular complexity index is 417. The van der Waals surface area contributed by atoms with E-state index in [1.54, 1.807) is 6.07 Å². The van der Waals surface area contributed by atoms with Crippen molar-refractivity contribution >= 4 is 21.6 Å². The molecule has 0 heterocycles. The molecule has 1 aromatic rings. The Labute approximate surface area is 107 Å². The molecule has 2 rings (SSSR count). The Morgan fingerprint density at radius 2 is 2.06 bits per heavy atom. The highest BCUT2D eigenvalue weighted by molar-refractivity contribution is 9.10. The van der Waals surface area contributed by atoms with Gasteiger partial charge in [-0.2, -0.15) is 13.2 Å². The quantitative estimate of drug-likeness (QED) is 0.864. The Morgan fingerprint density at radius 3 is 2.59 bits per heavy atom. The predicted molar refractivity (Wildman–Crippen MR) is 64.9 cm³/mol. The molecule has 0 bridgehead atoms. The van der Waals surface area contributed by atoms with E-state index in [1.165, 1.54) is 6.07 Å². The van der Waals surface area contributed by atoms with Gasteiger partial charge in [0.25, 0.3) is 0 Å². The van der Waals surface area contributed by atoms with Crippen molar-refractivity contribution in [1.29, 1.82) is 0 Å². The van der Waals surface area contributed by atoms with Gasteiger partial charge >= 0.3 is 6.18 Å². The van der Waals surface area contributed by atoms with Gasteiger partial charge in [-0.25, -0.2) is 0 Å². The number of nitrogens with one attached hydrogen (secondary N) is 1. The van der Waals surface area contributed by atoms with E-state index in [9.17, 15) is 13.2 Å². The Hall–Kier alpha value is -0.710. The first-order valence-electron chi connectivity index (χ1n) is 5.48. The van der Waals surface area contributed by atoms with E-state index in [2.05, 4.69) is 28.2 Å². The fourth-order valence-electron chi connectivity index (χ4n) is 1.83. The number of hydrogen-bond acceptors (Lipinski definition) is 1. The summed E-state index contributed by atoms with van der Waals surface area (Å²) in [4.78, 5) is 0. The van der Waals surface area contributed by atoms with E-state index in [4.69, 9.17) is 0 Å². The van der Waals surface area contributed by atoms with Gasteiger partial charge in [-0.3, -0.25) is 0 Å². The first kappa shape index (κ1) is 12.7. The molecule has 0 aromatic heterocycles. The number of halogens is 4. The zero-order chi connectivity index (χ0) is 12.6. The molecule has 94 valence electrons. The topological polar surface area (TPSA) is 12.0 Å². The van der Waals surface area contributed by atoms with E-state index >= 15 is 0 Å². The summed E-state index contributed by atoms with van der Waals surface area (Å²) < 4.78 is 38.8. The van der Waals surface area contributed by atoms with Gasteiger partial charge in [-0.1, -0.05) is 22.9 Å². The molecule has 0 aliphatic heterocycles. The maximum absolute atomic E-state index is 12.8. The second-order valence-corrected chi connectivity index (χ2v) is 5.46. The second-order valence-electron chi connectivity index (χ2n) is 4.54. The van der Waals surface area contributed by atoms with Gasteiger partial charge < -0.3 is 5.32 Å². The molecule has 0 radical (unpaired) electrons. The van der Waals surface area contributed by atoms with Gasteiger partial charge in [0.1, 0.15) is 0 Å². The van der Waals surface area contributed by atoms with Gasteiger partial charge in [-0.05, 0) is 36.5 Å². The van der Waals surface area contributed by atoms with E-state index in [0.29, 0.717) is 22.9 Å². The van der Waals surface area contributed by atoms with Crippen molar-refractivity contribution in [2.45, 2.75) is 19.5 Å². The van der Waals surface area contributed by atoms with E-state index in [-0.39, 0.29) is 5.69 Å². The van der Waals surface area contributed by atoms with E-state index < -0.39 is 11.7 Å². The second kappa shape index (κ2) is 4.52. The monoisotopic (exact) mass is 307 g/mol. The van der Waals surface area contributed by atoms with Crippen molar-refractivity contribution in [2.24, 2.45) is 11.8 Å². The van der Waals surface area contributed by atoms with Crippen LogP contribution in [0.5, 0.6) is 0 Å². The van der Waals surface area contributed by atoms with Crippen LogP contribution >= 0.6 is 15.9 Å². The SMILES string of the molecule is CC1CC1CNc1ccc(Br)cc1C(F)(F)F. The van der Waals surface area contributed by atoms with Crippen LogP contribution in [0.1, 0.15) is 18.9 Å². The van der Waals surface area contributed by atoms with E-state index in [1.807, 2.05) is 0 Å². The molecule has 1 aliphatic rings. The van der Waals surface area contributed by atoms with Crippen molar-refractivity contribution in [3.05, 3.63) is 28.2 Å². The van der Waals surface area contributed by atoms with Crippen LogP contribution in [0.2, 0.25) is 0 Å². The molecule has 2 atom stereocenters. The summed E-state index contributed by atoms with van der Waals surface area (Å²) in [5, 5.41) is 2.90. The highest BCUT2D eigenvalue weighted by Gasteiger charge is 2.35. The molecule has 1 aromatic carbocycles. The minimum Gasteiger partial charge on any atom is -0.384 e. The highest BCUT2D eigenvalue weighted by Crippen LogP contribution is 2.40. The average molecular weight is 308 g/mol. The lowest BCUT2D eigenvalue weighted by atomic mass is 10.1. The summed E-state index contributed by atoms with van der Waals surface area (Å²) in [7, 11) is 0. The normalized spacial score (nSPS) is 23.6. The lowest BCUT2D eigenvalue weighted by Gasteiger charge is -2.14. The summed E-state index contributed by atoms with van der Waals surface area (Å²) in [5.74, 6) is 1.15. The summed E-state index contributed by atoms with van der Waals surface area (Å²) in [5.41, 5.74) is -0.444. The summed E-state index contributed by atoms with van der Waals surface area (Å²) in [6.07, 6.45) is -3.22. The molecule has 0 amide bonds. The van der Waals surface area contributed by atoms with Crippen LogP contribution in [-0.2, 0) is 6.18 Å². The van der Waals surface area contributed by atoms with Crippen LogP contribution in [0.25, 0.3) is 0 Å². The van der Waals surface area contributed by atoms with Crippen LogP contribution in [0.3, 0.4) is 0 Å². The van der Waals surface area contributed by atoms with Crippen molar-refractivity contribution in [2.75, 3.05) is 11.9 Å². The molecule has 0 spiro atoms. The third-order valence-electron chi connectivity index (χ3n) is 3.12. The van der Waals surface area contributed by atoms with Crippen molar-refractivity contribution < 1.29 is 13.2 Å². The van der Waals surface area contributed by atoms with Crippen LogP contribution in [-0.4, -0.2) is 6.54 Å². The molecule has 0 saturated heterocycles. The minimum absolute atomic E-state index is 0.166. The van der Waals surface area contributed by atoms with Crippen LogP contribution in [0, 0.1) is 11.8 Å². The lowest BCUT2D eigenvalue weighted by molar-refractivity contribution is -0.137. The van der Waals surface area contributed by atoms with Crippen molar-refractivity contribution in [1.82, 2.24) is 0 Å². The third kappa shape index (κ3) is 3.15. The molecule has 1 aliphatic carbocycles. The Morgan fingerprint density at radius 1 is 1.41 bits per heavy atom. The third-order valence-corrected chi connectivity index (χ3v) is 3.61. The predicted octanol–water partition coefficient (Wildman–Crippen LogP) is 4.54. The summed E-state index contributed by atoms with van der Waals surface area (Å²) in [6.45, 7) is 2.73. The standard InChI is InChI=1S/C12H13BrF3N/c1-7-4-8(7)6-17-11-3-2-9(13)5-10(11)12(14,15)16/h2-3,5,7-8,17H,4,6H2,1H3. The maximum Gasteiger partial charge on any atom is 0.418 e. The molecular formula is C12H13BrF3N. The van der Waals surface area contributed by atoms with Gasteiger partial charge in [-0.15, -0.1) is 0 Å². The first-order chi connectivity index (χ1) is 7.88.